The molecule has 0 amide bonds. The summed E-state index contributed by atoms with van der Waals surface area (Å²) >= 11 is 2.32. The van der Waals surface area contributed by atoms with E-state index in [0.717, 1.165) is 32.7 Å². The highest BCUT2D eigenvalue weighted by Crippen LogP contribution is 2.11. The first-order chi connectivity index (χ1) is 9.17. The van der Waals surface area contributed by atoms with Crippen molar-refractivity contribution in [1.29, 1.82) is 0 Å². The van der Waals surface area contributed by atoms with Gasteiger partial charge in [0.2, 0.25) is 0 Å². The molecule has 0 radical (unpaired) electrons. The molecule has 5 nitrogen and oxygen atoms in total. The molecule has 0 unspecified atom stereocenters. The number of benzene rings is 1. The molecule has 3 N–H and O–H groups in total. The van der Waals surface area contributed by atoms with E-state index in [2.05, 4.69) is 61.8 Å². The maximum Gasteiger partial charge on any atom is 0.153 e. The van der Waals surface area contributed by atoms with Gasteiger partial charge in [-0.1, -0.05) is 17.3 Å². The average Bonchev–Trinajstić information content (AvgIpc) is 2.43. The molecule has 0 aliphatic carbocycles. The summed E-state index contributed by atoms with van der Waals surface area (Å²) in [4.78, 5) is 4.64. The molecule has 1 fully saturated rings. The third-order valence-corrected chi connectivity index (χ3v) is 4.02. The van der Waals surface area contributed by atoms with Crippen molar-refractivity contribution in [3.8, 4) is 0 Å². The molecule has 1 heterocycles. The van der Waals surface area contributed by atoms with E-state index in [-0.39, 0.29) is 5.84 Å². The lowest BCUT2D eigenvalue weighted by Crippen LogP contribution is -2.48. The predicted molar refractivity (Wildman–Crippen MR) is 84.3 cm³/mol. The van der Waals surface area contributed by atoms with Crippen molar-refractivity contribution in [2.24, 2.45) is 10.9 Å². The molecule has 1 aromatic rings. The number of oxime groups is 1. The Hall–Kier alpha value is -0.860. The van der Waals surface area contributed by atoms with Crippen LogP contribution in [0, 0.1) is 3.57 Å². The number of nitrogens with two attached hydrogens (primary N) is 1. The number of rotatable bonds is 4. The summed E-state index contributed by atoms with van der Waals surface area (Å²) in [5, 5.41) is 11.6. The van der Waals surface area contributed by atoms with E-state index >= 15 is 0 Å². The van der Waals surface area contributed by atoms with E-state index in [0.29, 0.717) is 6.54 Å². The standard InChI is InChI=1S/C13H19IN4O/c14-12-3-1-11(2-4-12)9-17-5-7-18(8-6-17)10-13(15)16-19/h1-4,19H,5-10H2,(H2,15,16). The first-order valence-electron chi connectivity index (χ1n) is 6.33. The Labute approximate surface area is 127 Å². The van der Waals surface area contributed by atoms with Gasteiger partial charge in [0.1, 0.15) is 0 Å². The quantitative estimate of drug-likeness (QED) is 0.273. The summed E-state index contributed by atoms with van der Waals surface area (Å²) < 4.78 is 1.27. The van der Waals surface area contributed by atoms with Crippen LogP contribution in [0.15, 0.2) is 29.4 Å². The van der Waals surface area contributed by atoms with Crippen LogP contribution in [-0.4, -0.2) is 53.6 Å². The topological polar surface area (TPSA) is 65.1 Å². The highest BCUT2D eigenvalue weighted by atomic mass is 127. The number of halogens is 1. The maximum atomic E-state index is 8.56. The molecule has 1 aliphatic rings. The summed E-state index contributed by atoms with van der Waals surface area (Å²) in [6, 6.07) is 8.66. The van der Waals surface area contributed by atoms with Gasteiger partial charge in [-0.05, 0) is 40.3 Å². The van der Waals surface area contributed by atoms with E-state index < -0.39 is 0 Å². The van der Waals surface area contributed by atoms with Gasteiger partial charge in [-0.3, -0.25) is 9.80 Å². The van der Waals surface area contributed by atoms with Gasteiger partial charge in [-0.25, -0.2) is 0 Å². The average molecular weight is 374 g/mol. The van der Waals surface area contributed by atoms with Crippen LogP contribution in [0.1, 0.15) is 5.56 Å². The Balaban J connectivity index is 1.78. The fourth-order valence-corrected chi connectivity index (χ4v) is 2.57. The molecule has 1 aliphatic heterocycles. The smallest absolute Gasteiger partial charge is 0.153 e. The van der Waals surface area contributed by atoms with E-state index in [4.69, 9.17) is 10.9 Å². The Morgan fingerprint density at radius 2 is 1.74 bits per heavy atom. The van der Waals surface area contributed by atoms with Crippen LogP contribution in [0.2, 0.25) is 0 Å². The fraction of sp³-hybridized carbons (Fsp3) is 0.462. The summed E-state index contributed by atoms with van der Waals surface area (Å²) in [7, 11) is 0. The van der Waals surface area contributed by atoms with Crippen molar-refractivity contribution in [2.45, 2.75) is 6.54 Å². The minimum absolute atomic E-state index is 0.283. The van der Waals surface area contributed by atoms with Crippen molar-refractivity contribution in [3.05, 3.63) is 33.4 Å². The van der Waals surface area contributed by atoms with Crippen molar-refractivity contribution in [3.63, 3.8) is 0 Å². The molecule has 19 heavy (non-hydrogen) atoms. The van der Waals surface area contributed by atoms with Crippen LogP contribution >= 0.6 is 22.6 Å². The van der Waals surface area contributed by atoms with Gasteiger partial charge in [0.25, 0.3) is 0 Å². The Bertz CT molecular complexity index is 427. The second kappa shape index (κ2) is 7.06. The lowest BCUT2D eigenvalue weighted by molar-refractivity contribution is 0.139. The second-order valence-electron chi connectivity index (χ2n) is 4.77. The zero-order chi connectivity index (χ0) is 13.7. The van der Waals surface area contributed by atoms with Crippen molar-refractivity contribution < 1.29 is 5.21 Å². The summed E-state index contributed by atoms with van der Waals surface area (Å²) in [5.41, 5.74) is 6.87. The predicted octanol–water partition coefficient (Wildman–Crippen LogP) is 1.16. The molecular weight excluding hydrogens is 355 g/mol. The Kier molecular flexibility index (Phi) is 5.41. The van der Waals surface area contributed by atoms with Crippen LogP contribution in [0.5, 0.6) is 0 Å². The van der Waals surface area contributed by atoms with Gasteiger partial charge < -0.3 is 10.9 Å². The van der Waals surface area contributed by atoms with Crippen molar-refractivity contribution >= 4 is 28.4 Å². The maximum absolute atomic E-state index is 8.56. The molecule has 6 heteroatoms. The minimum Gasteiger partial charge on any atom is -0.409 e. The van der Waals surface area contributed by atoms with Gasteiger partial charge in [0.05, 0.1) is 6.54 Å². The monoisotopic (exact) mass is 374 g/mol. The first kappa shape index (κ1) is 14.5. The van der Waals surface area contributed by atoms with E-state index in [1.807, 2.05) is 0 Å². The van der Waals surface area contributed by atoms with E-state index in [1.165, 1.54) is 9.13 Å². The number of amidine groups is 1. The SMILES string of the molecule is NC(CN1CCN(Cc2ccc(I)cc2)CC1)=NO. The zero-order valence-corrected chi connectivity index (χ0v) is 13.0. The Morgan fingerprint density at radius 3 is 2.32 bits per heavy atom. The molecule has 1 aromatic carbocycles. The molecule has 0 atom stereocenters. The number of hydrogen-bond acceptors (Lipinski definition) is 4. The van der Waals surface area contributed by atoms with E-state index in [9.17, 15) is 0 Å². The van der Waals surface area contributed by atoms with E-state index in [1.54, 1.807) is 0 Å². The molecule has 0 aromatic heterocycles. The van der Waals surface area contributed by atoms with Gasteiger partial charge in [-0.2, -0.15) is 0 Å². The Morgan fingerprint density at radius 1 is 1.16 bits per heavy atom. The third kappa shape index (κ3) is 4.63. The van der Waals surface area contributed by atoms with Crippen LogP contribution in [0.3, 0.4) is 0 Å². The highest BCUT2D eigenvalue weighted by molar-refractivity contribution is 14.1. The highest BCUT2D eigenvalue weighted by Gasteiger charge is 2.17. The van der Waals surface area contributed by atoms with Crippen LogP contribution in [-0.2, 0) is 6.54 Å². The molecule has 0 bridgehead atoms. The molecule has 1 saturated heterocycles. The van der Waals surface area contributed by atoms with Crippen LogP contribution < -0.4 is 5.73 Å². The zero-order valence-electron chi connectivity index (χ0n) is 10.8. The number of nitrogens with zero attached hydrogens (tertiary/aromatic N) is 3. The van der Waals surface area contributed by atoms with Crippen molar-refractivity contribution in [1.82, 2.24) is 9.80 Å². The van der Waals surface area contributed by atoms with Crippen LogP contribution in [0.4, 0.5) is 0 Å². The van der Waals surface area contributed by atoms with Gasteiger partial charge in [0, 0.05) is 36.3 Å². The number of piperazine rings is 1. The lowest BCUT2D eigenvalue weighted by atomic mass is 10.2. The van der Waals surface area contributed by atoms with Crippen LogP contribution in [0.25, 0.3) is 0 Å². The minimum atomic E-state index is 0.283. The molecule has 2 rings (SSSR count). The van der Waals surface area contributed by atoms with Gasteiger partial charge in [-0.15, -0.1) is 0 Å². The third-order valence-electron chi connectivity index (χ3n) is 3.30. The molecule has 0 spiro atoms. The number of hydrogen-bond donors (Lipinski definition) is 2. The second-order valence-corrected chi connectivity index (χ2v) is 6.02. The summed E-state index contributed by atoms with van der Waals surface area (Å²) in [6.45, 7) is 5.50. The summed E-state index contributed by atoms with van der Waals surface area (Å²) in [5.74, 6) is 0.283. The lowest BCUT2D eigenvalue weighted by Gasteiger charge is -2.34. The normalized spacial score (nSPS) is 18.7. The molecular formula is C13H19IN4O. The fourth-order valence-electron chi connectivity index (χ4n) is 2.21. The first-order valence-corrected chi connectivity index (χ1v) is 7.41. The van der Waals surface area contributed by atoms with Gasteiger partial charge >= 0.3 is 0 Å². The molecule has 0 saturated carbocycles. The van der Waals surface area contributed by atoms with Crippen molar-refractivity contribution in [2.75, 3.05) is 32.7 Å². The largest absolute Gasteiger partial charge is 0.409 e. The van der Waals surface area contributed by atoms with Gasteiger partial charge in [0.15, 0.2) is 5.84 Å². The summed E-state index contributed by atoms with van der Waals surface area (Å²) in [6.07, 6.45) is 0. The molecule has 104 valence electrons.